The van der Waals surface area contributed by atoms with Gasteiger partial charge in [0.2, 0.25) is 0 Å². The van der Waals surface area contributed by atoms with E-state index in [1.807, 2.05) is 0 Å². The minimum Gasteiger partial charge on any atom is -0.310 e. The van der Waals surface area contributed by atoms with E-state index in [2.05, 4.69) is 24.1 Å². The quantitative estimate of drug-likeness (QED) is 0.837. The maximum absolute atomic E-state index is 4.01. The number of likely N-dealkylation sites (tertiary alicyclic amines) is 1. The highest BCUT2D eigenvalue weighted by Crippen LogP contribution is 2.33. The Labute approximate surface area is 119 Å². The van der Waals surface area contributed by atoms with Crippen LogP contribution in [0.1, 0.15) is 65.2 Å². The second kappa shape index (κ2) is 6.13. The van der Waals surface area contributed by atoms with Gasteiger partial charge in [-0.05, 0) is 43.9 Å². The molecule has 0 radical (unpaired) electrons. The van der Waals surface area contributed by atoms with Crippen molar-refractivity contribution in [3.05, 3.63) is 0 Å². The second-order valence-corrected chi connectivity index (χ2v) is 7.62. The summed E-state index contributed by atoms with van der Waals surface area (Å²) in [5.41, 5.74) is 0. The van der Waals surface area contributed by atoms with Crippen LogP contribution in [0, 0.1) is 11.8 Å². The minimum absolute atomic E-state index is 0.768. The molecule has 3 rings (SSSR count). The van der Waals surface area contributed by atoms with Crippen molar-refractivity contribution in [1.82, 2.24) is 10.2 Å². The fourth-order valence-corrected chi connectivity index (χ4v) is 4.12. The lowest BCUT2D eigenvalue weighted by Crippen LogP contribution is -2.53. The molecule has 3 aliphatic rings. The highest BCUT2D eigenvalue weighted by atomic mass is 15.2. The van der Waals surface area contributed by atoms with Gasteiger partial charge in [-0.1, -0.05) is 33.1 Å². The second-order valence-electron chi connectivity index (χ2n) is 7.62. The summed E-state index contributed by atoms with van der Waals surface area (Å²) in [5, 5.41) is 4.01. The lowest BCUT2D eigenvalue weighted by molar-refractivity contribution is 0.101. The fraction of sp³-hybridized carbons (Fsp3) is 1.00. The van der Waals surface area contributed by atoms with Crippen LogP contribution in [0.3, 0.4) is 0 Å². The predicted octanol–water partition coefficient (Wildman–Crippen LogP) is 3.42. The topological polar surface area (TPSA) is 15.3 Å². The predicted molar refractivity (Wildman–Crippen MR) is 81.3 cm³/mol. The monoisotopic (exact) mass is 264 g/mol. The summed E-state index contributed by atoms with van der Waals surface area (Å²) >= 11 is 0. The molecule has 3 fully saturated rings. The maximum atomic E-state index is 4.01. The number of nitrogens with one attached hydrogen (secondary N) is 1. The lowest BCUT2D eigenvalue weighted by Gasteiger charge is -2.42. The van der Waals surface area contributed by atoms with Gasteiger partial charge in [-0.25, -0.2) is 0 Å². The molecule has 110 valence electrons. The molecule has 2 heteroatoms. The summed E-state index contributed by atoms with van der Waals surface area (Å²) in [7, 11) is 0. The summed E-state index contributed by atoms with van der Waals surface area (Å²) in [6.45, 7) is 7.52. The van der Waals surface area contributed by atoms with Crippen molar-refractivity contribution in [3.63, 3.8) is 0 Å². The average Bonchev–Trinajstić information content (AvgIpc) is 3.24. The molecular formula is C17H32N2. The highest BCUT2D eigenvalue weighted by Gasteiger charge is 2.37. The van der Waals surface area contributed by atoms with Gasteiger partial charge in [-0.3, -0.25) is 4.90 Å². The zero-order valence-corrected chi connectivity index (χ0v) is 12.9. The molecule has 0 spiro atoms. The fourth-order valence-electron chi connectivity index (χ4n) is 4.12. The summed E-state index contributed by atoms with van der Waals surface area (Å²) in [6.07, 6.45) is 11.5. The molecule has 2 atom stereocenters. The molecule has 1 N–H and O–H groups in total. The Morgan fingerprint density at radius 1 is 0.895 bits per heavy atom. The van der Waals surface area contributed by atoms with Gasteiger partial charge >= 0.3 is 0 Å². The van der Waals surface area contributed by atoms with Crippen LogP contribution in [0.2, 0.25) is 0 Å². The molecule has 0 aromatic carbocycles. The Balaban J connectivity index is 1.55. The van der Waals surface area contributed by atoms with Gasteiger partial charge in [0.25, 0.3) is 0 Å². The first-order valence-corrected chi connectivity index (χ1v) is 8.72. The first-order chi connectivity index (χ1) is 9.22. The lowest BCUT2D eigenvalue weighted by atomic mass is 9.84. The van der Waals surface area contributed by atoms with E-state index < -0.39 is 0 Å². The maximum Gasteiger partial charge on any atom is 0.0200 e. The van der Waals surface area contributed by atoms with E-state index in [1.165, 1.54) is 64.5 Å². The minimum atomic E-state index is 0.768. The first kappa shape index (κ1) is 13.9. The van der Waals surface area contributed by atoms with Crippen molar-refractivity contribution in [3.8, 4) is 0 Å². The van der Waals surface area contributed by atoms with Crippen molar-refractivity contribution >= 4 is 0 Å². The molecule has 19 heavy (non-hydrogen) atoms. The Kier molecular flexibility index (Phi) is 4.48. The Morgan fingerprint density at radius 3 is 2.26 bits per heavy atom. The van der Waals surface area contributed by atoms with Crippen LogP contribution in [-0.2, 0) is 0 Å². The van der Waals surface area contributed by atoms with Gasteiger partial charge in [0.05, 0.1) is 0 Å². The Morgan fingerprint density at radius 2 is 1.63 bits per heavy atom. The zero-order chi connectivity index (χ0) is 13.2. The van der Waals surface area contributed by atoms with Crippen molar-refractivity contribution in [2.45, 2.75) is 83.3 Å². The van der Waals surface area contributed by atoms with Gasteiger partial charge < -0.3 is 5.32 Å². The molecule has 0 aromatic heterocycles. The third-order valence-electron chi connectivity index (χ3n) is 5.59. The van der Waals surface area contributed by atoms with Crippen molar-refractivity contribution in [1.29, 1.82) is 0 Å². The normalized spacial score (nSPS) is 34.9. The van der Waals surface area contributed by atoms with E-state index in [-0.39, 0.29) is 0 Å². The zero-order valence-electron chi connectivity index (χ0n) is 12.9. The number of hydrogen-bond donors (Lipinski definition) is 1. The molecule has 2 saturated carbocycles. The van der Waals surface area contributed by atoms with E-state index in [9.17, 15) is 0 Å². The van der Waals surface area contributed by atoms with Gasteiger partial charge in [-0.2, -0.15) is 0 Å². The first-order valence-electron chi connectivity index (χ1n) is 8.72. The van der Waals surface area contributed by atoms with Crippen molar-refractivity contribution in [2.75, 3.05) is 13.1 Å². The summed E-state index contributed by atoms with van der Waals surface area (Å²) in [5.74, 6) is 1.76. The van der Waals surface area contributed by atoms with Gasteiger partial charge in [0.15, 0.2) is 0 Å². The molecule has 1 saturated heterocycles. The van der Waals surface area contributed by atoms with Crippen LogP contribution in [0.4, 0.5) is 0 Å². The van der Waals surface area contributed by atoms with Crippen molar-refractivity contribution < 1.29 is 0 Å². The van der Waals surface area contributed by atoms with Gasteiger partial charge in [0, 0.05) is 31.2 Å². The van der Waals surface area contributed by atoms with Crippen LogP contribution in [0.25, 0.3) is 0 Å². The molecular weight excluding hydrogens is 232 g/mol. The van der Waals surface area contributed by atoms with E-state index in [0.717, 1.165) is 30.0 Å². The third-order valence-corrected chi connectivity index (χ3v) is 5.59. The molecule has 2 nitrogen and oxygen atoms in total. The van der Waals surface area contributed by atoms with Crippen molar-refractivity contribution in [2.24, 2.45) is 11.8 Å². The molecule has 1 aliphatic heterocycles. The average molecular weight is 264 g/mol. The largest absolute Gasteiger partial charge is 0.310 e. The molecule has 1 heterocycles. The smallest absolute Gasteiger partial charge is 0.0200 e. The van der Waals surface area contributed by atoms with E-state index in [1.54, 1.807) is 0 Å². The number of piperidine rings is 1. The van der Waals surface area contributed by atoms with Crippen LogP contribution >= 0.6 is 0 Å². The molecule has 0 amide bonds. The Hall–Kier alpha value is -0.0800. The van der Waals surface area contributed by atoms with E-state index in [4.69, 9.17) is 0 Å². The standard InChI is InChI=1S/C17H32N2/c1-13(2)14-10-16(12-19(11-14)17-8-9-17)18-15-6-4-3-5-7-15/h13-18H,3-12H2,1-2H3. The van der Waals surface area contributed by atoms with Gasteiger partial charge in [0.1, 0.15) is 0 Å². The van der Waals surface area contributed by atoms with Crippen LogP contribution < -0.4 is 5.32 Å². The number of nitrogens with zero attached hydrogens (tertiary/aromatic N) is 1. The van der Waals surface area contributed by atoms with Crippen LogP contribution in [0.5, 0.6) is 0 Å². The Bertz CT molecular complexity index is 269. The molecule has 2 aliphatic carbocycles. The summed E-state index contributed by atoms with van der Waals surface area (Å²) in [6, 6.07) is 2.53. The van der Waals surface area contributed by atoms with E-state index in [0.29, 0.717) is 0 Å². The molecule has 2 unspecified atom stereocenters. The van der Waals surface area contributed by atoms with Crippen LogP contribution in [-0.4, -0.2) is 36.1 Å². The molecule has 0 aromatic rings. The third kappa shape index (κ3) is 3.72. The summed E-state index contributed by atoms with van der Waals surface area (Å²) in [4.78, 5) is 2.80. The number of rotatable bonds is 4. The SMILES string of the molecule is CC(C)C1CC(NC2CCCCC2)CN(C2CC2)C1. The summed E-state index contributed by atoms with van der Waals surface area (Å²) < 4.78 is 0. The van der Waals surface area contributed by atoms with Crippen LogP contribution in [0.15, 0.2) is 0 Å². The van der Waals surface area contributed by atoms with Gasteiger partial charge in [-0.15, -0.1) is 0 Å². The highest BCUT2D eigenvalue weighted by molar-refractivity contribution is 4.94. The van der Waals surface area contributed by atoms with E-state index >= 15 is 0 Å². The molecule has 0 bridgehead atoms. The number of hydrogen-bond acceptors (Lipinski definition) is 2.